The Bertz CT molecular complexity index is 864. The molecule has 0 heterocycles. The fraction of sp³-hybridized carbons (Fsp3) is 0.235. The Morgan fingerprint density at radius 3 is 2.17 bits per heavy atom. The van der Waals surface area contributed by atoms with Gasteiger partial charge in [0, 0.05) is 10.9 Å². The molecule has 0 aliphatic heterocycles. The summed E-state index contributed by atoms with van der Waals surface area (Å²) in [6, 6.07) is 14.1. The number of aliphatic hydroxyl groups excluding tert-OH is 1. The summed E-state index contributed by atoms with van der Waals surface area (Å²) < 4.78 is 25.9. The number of carboxylic acid groups (broad SMARTS) is 1. The summed E-state index contributed by atoms with van der Waals surface area (Å²) in [5, 5.41) is 18.5. The van der Waals surface area contributed by atoms with Gasteiger partial charge < -0.3 is 10.2 Å². The first-order valence-electron chi connectivity index (χ1n) is 7.24. The van der Waals surface area contributed by atoms with E-state index >= 15 is 0 Å². The number of aliphatic hydroxyl groups is 1. The second kappa shape index (κ2) is 5.88. The molecule has 7 heteroatoms. The molecule has 24 heavy (non-hydrogen) atoms. The van der Waals surface area contributed by atoms with Gasteiger partial charge >= 0.3 is 5.97 Å². The van der Waals surface area contributed by atoms with Crippen LogP contribution in [-0.2, 0) is 14.6 Å². The van der Waals surface area contributed by atoms with E-state index in [4.69, 9.17) is 11.6 Å². The van der Waals surface area contributed by atoms with Crippen molar-refractivity contribution < 1.29 is 23.4 Å². The van der Waals surface area contributed by atoms with E-state index in [0.29, 0.717) is 10.6 Å². The van der Waals surface area contributed by atoms with E-state index in [-0.39, 0.29) is 4.90 Å². The van der Waals surface area contributed by atoms with Crippen molar-refractivity contribution in [2.45, 2.75) is 16.1 Å². The molecule has 2 aromatic carbocycles. The van der Waals surface area contributed by atoms with Gasteiger partial charge in [-0.2, -0.15) is 0 Å². The predicted molar refractivity (Wildman–Crippen MR) is 88.8 cm³/mol. The van der Waals surface area contributed by atoms with E-state index < -0.39 is 39.0 Å². The topological polar surface area (TPSA) is 91.7 Å². The van der Waals surface area contributed by atoms with Crippen LogP contribution in [0.5, 0.6) is 0 Å². The molecule has 0 radical (unpaired) electrons. The number of carbonyl (C=O) groups is 1. The van der Waals surface area contributed by atoms with Gasteiger partial charge in [0.05, 0.1) is 16.8 Å². The van der Waals surface area contributed by atoms with Crippen LogP contribution in [0.15, 0.2) is 59.5 Å². The van der Waals surface area contributed by atoms with Gasteiger partial charge in [0.2, 0.25) is 0 Å². The van der Waals surface area contributed by atoms with Crippen LogP contribution >= 0.6 is 11.6 Å². The number of carboxylic acids is 1. The highest BCUT2D eigenvalue weighted by Gasteiger charge is 2.75. The normalized spacial score (nSPS) is 26.1. The van der Waals surface area contributed by atoms with Crippen molar-refractivity contribution in [2.24, 2.45) is 5.41 Å². The molecule has 0 unspecified atom stereocenters. The van der Waals surface area contributed by atoms with Crippen LogP contribution in [0, 0.1) is 5.41 Å². The van der Waals surface area contributed by atoms with Gasteiger partial charge in [-0.3, -0.25) is 4.79 Å². The van der Waals surface area contributed by atoms with Crippen molar-refractivity contribution in [3.05, 3.63) is 65.2 Å². The van der Waals surface area contributed by atoms with Crippen LogP contribution in [0.1, 0.15) is 11.5 Å². The Morgan fingerprint density at radius 2 is 1.67 bits per heavy atom. The van der Waals surface area contributed by atoms with E-state index in [1.165, 1.54) is 24.3 Å². The number of hydrogen-bond acceptors (Lipinski definition) is 4. The standard InChI is InChI=1S/C17H15ClO5S/c18-12-6-8-13(9-7-12)24(22,23)15-14(11-4-2-1-3-5-11)17(15,10-19)16(20)21/h1-9,14-15,19H,10H2,(H,20,21)/t14-,15+,17+/m1/s1. The average molecular weight is 367 g/mol. The van der Waals surface area contributed by atoms with Crippen LogP contribution in [0.25, 0.3) is 0 Å². The van der Waals surface area contributed by atoms with E-state index in [9.17, 15) is 23.4 Å². The lowest BCUT2D eigenvalue weighted by Crippen LogP contribution is -2.27. The molecule has 0 spiro atoms. The predicted octanol–water partition coefficient (Wildman–Crippen LogP) is 2.34. The molecule has 0 amide bonds. The summed E-state index contributed by atoms with van der Waals surface area (Å²) >= 11 is 5.79. The first-order chi connectivity index (χ1) is 11.4. The van der Waals surface area contributed by atoms with Crippen LogP contribution in [-0.4, -0.2) is 36.5 Å². The maximum Gasteiger partial charge on any atom is 0.314 e. The molecule has 0 saturated heterocycles. The lowest BCUT2D eigenvalue weighted by molar-refractivity contribution is -0.145. The smallest absolute Gasteiger partial charge is 0.314 e. The monoisotopic (exact) mass is 366 g/mol. The second-order valence-electron chi connectivity index (χ2n) is 5.81. The SMILES string of the molecule is O=C(O)[C@@]1(CO)[C@H](c2ccccc2)[C@@H]1S(=O)(=O)c1ccc(Cl)cc1. The fourth-order valence-electron chi connectivity index (χ4n) is 3.27. The van der Waals surface area contributed by atoms with Crippen molar-refractivity contribution in [1.82, 2.24) is 0 Å². The van der Waals surface area contributed by atoms with Gasteiger partial charge in [0.1, 0.15) is 5.41 Å². The minimum atomic E-state index is -3.94. The number of sulfone groups is 1. The Kier molecular flexibility index (Phi) is 4.15. The van der Waals surface area contributed by atoms with Crippen molar-refractivity contribution in [3.63, 3.8) is 0 Å². The van der Waals surface area contributed by atoms with Crippen LogP contribution in [0.3, 0.4) is 0 Å². The zero-order valence-corrected chi connectivity index (χ0v) is 14.0. The number of rotatable bonds is 5. The minimum Gasteiger partial charge on any atom is -0.481 e. The summed E-state index contributed by atoms with van der Waals surface area (Å²) in [7, 11) is -3.94. The van der Waals surface area contributed by atoms with Crippen molar-refractivity contribution in [3.8, 4) is 0 Å². The molecule has 1 saturated carbocycles. The van der Waals surface area contributed by atoms with Crippen molar-refractivity contribution in [1.29, 1.82) is 0 Å². The lowest BCUT2D eigenvalue weighted by atomic mass is 10.0. The average Bonchev–Trinajstić information content (AvgIpc) is 3.28. The molecular weight excluding hydrogens is 352 g/mol. The van der Waals surface area contributed by atoms with Gasteiger partial charge in [0.15, 0.2) is 9.84 Å². The third-order valence-corrected chi connectivity index (χ3v) is 7.09. The van der Waals surface area contributed by atoms with Gasteiger partial charge in [-0.1, -0.05) is 41.9 Å². The first kappa shape index (κ1) is 17.0. The molecule has 0 bridgehead atoms. The molecular formula is C17H15ClO5S. The summed E-state index contributed by atoms with van der Waals surface area (Å²) in [5.41, 5.74) is -1.16. The summed E-state index contributed by atoms with van der Waals surface area (Å²) in [6.45, 7) is -0.751. The van der Waals surface area contributed by atoms with E-state index in [2.05, 4.69) is 0 Å². The maximum absolute atomic E-state index is 13.0. The Morgan fingerprint density at radius 1 is 1.08 bits per heavy atom. The summed E-state index contributed by atoms with van der Waals surface area (Å²) in [6.07, 6.45) is 0. The minimum absolute atomic E-state index is 0.00518. The molecule has 2 aromatic rings. The molecule has 3 atom stereocenters. The first-order valence-corrected chi connectivity index (χ1v) is 9.17. The van der Waals surface area contributed by atoms with Crippen molar-refractivity contribution >= 4 is 27.4 Å². The summed E-state index contributed by atoms with van der Waals surface area (Å²) in [5.74, 6) is -2.12. The Balaban J connectivity index is 2.11. The van der Waals surface area contributed by atoms with E-state index in [1.807, 2.05) is 0 Å². The third kappa shape index (κ3) is 2.42. The number of aliphatic carboxylic acids is 1. The van der Waals surface area contributed by atoms with E-state index in [0.717, 1.165) is 0 Å². The molecule has 126 valence electrons. The van der Waals surface area contributed by atoms with Crippen molar-refractivity contribution in [2.75, 3.05) is 6.61 Å². The lowest BCUT2D eigenvalue weighted by Gasteiger charge is -2.09. The highest BCUT2D eigenvalue weighted by atomic mass is 35.5. The molecule has 1 aliphatic rings. The number of benzene rings is 2. The molecule has 3 rings (SSSR count). The molecule has 5 nitrogen and oxygen atoms in total. The van der Waals surface area contributed by atoms with Gasteiger partial charge in [-0.15, -0.1) is 0 Å². The molecule has 2 N–H and O–H groups in total. The quantitative estimate of drug-likeness (QED) is 0.847. The summed E-state index contributed by atoms with van der Waals surface area (Å²) in [4.78, 5) is 11.8. The zero-order valence-electron chi connectivity index (χ0n) is 12.5. The van der Waals surface area contributed by atoms with Gasteiger partial charge in [0.25, 0.3) is 0 Å². The molecule has 0 aromatic heterocycles. The third-order valence-electron chi connectivity index (χ3n) is 4.55. The Labute approximate surface area is 144 Å². The second-order valence-corrected chi connectivity index (χ2v) is 8.32. The highest BCUT2D eigenvalue weighted by molar-refractivity contribution is 7.92. The van der Waals surface area contributed by atoms with Crippen LogP contribution in [0.2, 0.25) is 5.02 Å². The Hall–Kier alpha value is -1.89. The van der Waals surface area contributed by atoms with Gasteiger partial charge in [-0.05, 0) is 29.8 Å². The van der Waals surface area contributed by atoms with Crippen LogP contribution < -0.4 is 0 Å². The number of halogens is 1. The zero-order chi connectivity index (χ0) is 17.5. The molecule has 1 fully saturated rings. The maximum atomic E-state index is 13.0. The fourth-order valence-corrected chi connectivity index (χ4v) is 5.76. The highest BCUT2D eigenvalue weighted by Crippen LogP contribution is 2.64. The largest absolute Gasteiger partial charge is 0.481 e. The van der Waals surface area contributed by atoms with Gasteiger partial charge in [-0.25, -0.2) is 8.42 Å². The number of hydrogen-bond donors (Lipinski definition) is 2. The van der Waals surface area contributed by atoms with Crippen LogP contribution in [0.4, 0.5) is 0 Å². The molecule has 1 aliphatic carbocycles. The van der Waals surface area contributed by atoms with E-state index in [1.54, 1.807) is 30.3 Å².